The van der Waals surface area contributed by atoms with E-state index >= 15 is 0 Å². The number of nitro benzene ring substituents is 1. The molecule has 0 aliphatic carbocycles. The number of nitrogens with zero attached hydrogens (tertiary/aromatic N) is 3. The molecule has 1 amide bonds. The Bertz CT molecular complexity index is 956. The molecule has 1 aromatic heterocycles. The average molecular weight is 402 g/mol. The maximum absolute atomic E-state index is 14.7. The number of aromatic nitrogens is 1. The minimum atomic E-state index is -1.20. The van der Waals surface area contributed by atoms with Gasteiger partial charge in [0.1, 0.15) is 0 Å². The zero-order valence-electron chi connectivity index (χ0n) is 16.4. The van der Waals surface area contributed by atoms with Gasteiger partial charge in [0, 0.05) is 46.2 Å². The number of hydrogen-bond acceptors (Lipinski definition) is 5. The molecular formula is C20H23FN4O4. The molecule has 0 bridgehead atoms. The Morgan fingerprint density at radius 3 is 2.59 bits per heavy atom. The Hall–Kier alpha value is -3.49. The third-order valence-corrected chi connectivity index (χ3v) is 4.41. The third kappa shape index (κ3) is 4.68. The molecule has 0 saturated carbocycles. The molecule has 0 spiro atoms. The molecule has 0 aliphatic heterocycles. The topological polar surface area (TPSA) is 123 Å². The Kier molecular flexibility index (Phi) is 6.21. The zero-order chi connectivity index (χ0) is 21.9. The summed E-state index contributed by atoms with van der Waals surface area (Å²) in [7, 11) is 0. The number of pyridine rings is 1. The van der Waals surface area contributed by atoms with Crippen LogP contribution in [0, 0.1) is 16.1 Å². The first-order valence-electron chi connectivity index (χ1n) is 8.80. The summed E-state index contributed by atoms with van der Waals surface area (Å²) in [5.41, 5.74) is 6.01. The van der Waals surface area contributed by atoms with Gasteiger partial charge in [-0.15, -0.1) is 6.58 Å². The maximum atomic E-state index is 14.7. The third-order valence-electron chi connectivity index (χ3n) is 4.41. The van der Waals surface area contributed by atoms with E-state index in [4.69, 9.17) is 5.73 Å². The van der Waals surface area contributed by atoms with E-state index in [2.05, 4.69) is 11.6 Å². The number of rotatable bonds is 6. The van der Waals surface area contributed by atoms with Crippen molar-refractivity contribution in [3.05, 3.63) is 64.7 Å². The smallest absolute Gasteiger partial charge is 0.408 e. The quantitative estimate of drug-likeness (QED) is 0.236. The van der Waals surface area contributed by atoms with E-state index < -0.39 is 28.5 Å². The van der Waals surface area contributed by atoms with E-state index in [0.717, 1.165) is 4.90 Å². The van der Waals surface area contributed by atoms with E-state index in [0.29, 0.717) is 11.1 Å². The second-order valence-corrected chi connectivity index (χ2v) is 7.50. The van der Waals surface area contributed by atoms with Crippen molar-refractivity contribution in [2.45, 2.75) is 38.8 Å². The van der Waals surface area contributed by atoms with Gasteiger partial charge >= 0.3 is 6.09 Å². The van der Waals surface area contributed by atoms with Crippen LogP contribution in [-0.4, -0.2) is 31.5 Å². The first-order chi connectivity index (χ1) is 13.5. The van der Waals surface area contributed by atoms with Gasteiger partial charge in [0.15, 0.2) is 0 Å². The molecule has 1 heterocycles. The van der Waals surface area contributed by atoms with Crippen molar-refractivity contribution in [3.63, 3.8) is 0 Å². The molecular weight excluding hydrogens is 379 g/mol. The highest BCUT2D eigenvalue weighted by molar-refractivity contribution is 5.78. The molecule has 2 rings (SSSR count). The van der Waals surface area contributed by atoms with Crippen molar-refractivity contribution in [2.75, 3.05) is 5.73 Å². The van der Waals surface area contributed by atoms with Gasteiger partial charge in [-0.05, 0) is 39.3 Å². The molecule has 0 unspecified atom stereocenters. The Balaban J connectivity index is 2.62. The Morgan fingerprint density at radius 1 is 1.45 bits per heavy atom. The lowest BCUT2D eigenvalue weighted by Gasteiger charge is -2.39. The molecule has 0 radical (unpaired) electrons. The van der Waals surface area contributed by atoms with Crippen LogP contribution in [0.4, 0.5) is 20.6 Å². The largest absolute Gasteiger partial charge is 0.465 e. The van der Waals surface area contributed by atoms with Crippen LogP contribution in [-0.2, 0) is 0 Å². The number of carbonyl (C=O) groups is 1. The number of carboxylic acid groups (broad SMARTS) is 1. The zero-order valence-corrected chi connectivity index (χ0v) is 16.4. The van der Waals surface area contributed by atoms with Gasteiger partial charge in [0.05, 0.1) is 11.0 Å². The van der Waals surface area contributed by atoms with Gasteiger partial charge in [-0.1, -0.05) is 6.08 Å². The average Bonchev–Trinajstić information content (AvgIpc) is 2.60. The molecule has 0 aliphatic rings. The summed E-state index contributed by atoms with van der Waals surface area (Å²) in [5, 5.41) is 20.6. The maximum Gasteiger partial charge on any atom is 0.408 e. The monoisotopic (exact) mass is 402 g/mol. The van der Waals surface area contributed by atoms with E-state index in [1.54, 1.807) is 20.8 Å². The van der Waals surface area contributed by atoms with Gasteiger partial charge in [-0.25, -0.2) is 9.78 Å². The van der Waals surface area contributed by atoms with Crippen LogP contribution in [0.5, 0.6) is 0 Å². The second-order valence-electron chi connectivity index (χ2n) is 7.50. The summed E-state index contributed by atoms with van der Waals surface area (Å²) in [5.74, 6) is -0.809. The predicted octanol–water partition coefficient (Wildman–Crippen LogP) is 4.77. The number of amides is 1. The molecule has 3 N–H and O–H groups in total. The summed E-state index contributed by atoms with van der Waals surface area (Å²) in [6.45, 7) is 8.78. The summed E-state index contributed by atoms with van der Waals surface area (Å²) in [6, 6.07) is 4.55. The van der Waals surface area contributed by atoms with Gasteiger partial charge in [-0.2, -0.15) is 4.39 Å². The minimum Gasteiger partial charge on any atom is -0.465 e. The molecule has 29 heavy (non-hydrogen) atoms. The Morgan fingerprint density at radius 2 is 2.10 bits per heavy atom. The van der Waals surface area contributed by atoms with Gasteiger partial charge in [-0.3, -0.25) is 15.0 Å². The van der Waals surface area contributed by atoms with E-state index in [9.17, 15) is 24.4 Å². The first kappa shape index (κ1) is 21.8. The van der Waals surface area contributed by atoms with Crippen LogP contribution in [0.1, 0.15) is 38.8 Å². The summed E-state index contributed by atoms with van der Waals surface area (Å²) < 4.78 is 14.7. The van der Waals surface area contributed by atoms with Crippen molar-refractivity contribution >= 4 is 17.5 Å². The fraction of sp³-hybridized carbons (Fsp3) is 0.300. The first-order valence-corrected chi connectivity index (χ1v) is 8.80. The van der Waals surface area contributed by atoms with Crippen molar-refractivity contribution < 1.29 is 19.2 Å². The summed E-state index contributed by atoms with van der Waals surface area (Å²) >= 11 is 0. The number of nitrogens with two attached hydrogens (primary N) is 1. The van der Waals surface area contributed by atoms with E-state index in [1.807, 2.05) is 0 Å². The normalized spacial score (nSPS) is 12.3. The molecule has 154 valence electrons. The van der Waals surface area contributed by atoms with Crippen molar-refractivity contribution in [1.82, 2.24) is 9.88 Å². The van der Waals surface area contributed by atoms with Crippen LogP contribution in [0.25, 0.3) is 11.1 Å². The minimum absolute atomic E-state index is 0.0671. The van der Waals surface area contributed by atoms with Crippen LogP contribution in [0.3, 0.4) is 0 Å². The molecule has 1 aromatic carbocycles. The Labute approximate surface area is 167 Å². The van der Waals surface area contributed by atoms with E-state index in [-0.39, 0.29) is 23.4 Å². The number of non-ortho nitro benzene ring substituents is 1. The number of halogens is 1. The molecule has 0 fully saturated rings. The number of anilines is 1. The van der Waals surface area contributed by atoms with Crippen molar-refractivity contribution in [2.24, 2.45) is 0 Å². The van der Waals surface area contributed by atoms with Crippen molar-refractivity contribution in [3.8, 4) is 11.1 Å². The number of nitrogen functional groups attached to an aromatic ring is 1. The highest BCUT2D eigenvalue weighted by Gasteiger charge is 2.35. The SMILES string of the molecule is C=CC[C@@H](c1cc(-c2ccc([N+](=O)[O-])cc2N)cnc1F)N(C(=O)O)C(C)(C)C. The van der Waals surface area contributed by atoms with Gasteiger partial charge < -0.3 is 10.8 Å². The summed E-state index contributed by atoms with van der Waals surface area (Å²) in [6.07, 6.45) is 1.73. The number of hydrogen-bond donors (Lipinski definition) is 2. The van der Waals surface area contributed by atoms with Crippen LogP contribution in [0.15, 0.2) is 43.1 Å². The highest BCUT2D eigenvalue weighted by Crippen LogP contribution is 2.36. The number of benzene rings is 1. The lowest BCUT2D eigenvalue weighted by molar-refractivity contribution is -0.384. The van der Waals surface area contributed by atoms with E-state index in [1.165, 1.54) is 36.5 Å². The fourth-order valence-electron chi connectivity index (χ4n) is 3.19. The van der Waals surface area contributed by atoms with Crippen LogP contribution >= 0.6 is 0 Å². The van der Waals surface area contributed by atoms with Crippen molar-refractivity contribution in [1.29, 1.82) is 0 Å². The fourth-order valence-corrected chi connectivity index (χ4v) is 3.19. The predicted molar refractivity (Wildman–Crippen MR) is 108 cm³/mol. The summed E-state index contributed by atoms with van der Waals surface area (Å²) in [4.78, 5) is 27.2. The second kappa shape index (κ2) is 8.26. The van der Waals surface area contributed by atoms with Crippen LogP contribution in [0.2, 0.25) is 0 Å². The molecule has 2 aromatic rings. The standard InChI is InChI=1S/C20H23FN4O4/c1-5-6-17(24(19(26)27)20(2,3)4)15-9-12(11-23-18(15)21)14-8-7-13(25(28)29)10-16(14)22/h5,7-11,17H,1,6,22H2,2-4H3,(H,26,27)/t17-/m0/s1. The van der Waals surface area contributed by atoms with Gasteiger partial charge in [0.2, 0.25) is 5.95 Å². The van der Waals surface area contributed by atoms with Crippen LogP contribution < -0.4 is 5.73 Å². The number of nitro groups is 1. The van der Waals surface area contributed by atoms with Gasteiger partial charge in [0.25, 0.3) is 5.69 Å². The molecule has 1 atom stereocenters. The molecule has 9 heteroatoms. The highest BCUT2D eigenvalue weighted by atomic mass is 19.1. The lowest BCUT2D eigenvalue weighted by Crippen LogP contribution is -2.47. The molecule has 8 nitrogen and oxygen atoms in total. The molecule has 0 saturated heterocycles. The lowest BCUT2D eigenvalue weighted by atomic mass is 9.94.